The highest BCUT2D eigenvalue weighted by Gasteiger charge is 2.19. The van der Waals surface area contributed by atoms with Crippen LogP contribution in [0, 0.1) is 23.0 Å². The maximum Gasteiger partial charge on any atom is 0.273 e. The van der Waals surface area contributed by atoms with Crippen molar-refractivity contribution in [2.45, 2.75) is 19.8 Å². The third-order valence-corrected chi connectivity index (χ3v) is 6.11. The van der Waals surface area contributed by atoms with Crippen LogP contribution < -0.4 is 20.1 Å². The van der Waals surface area contributed by atoms with Gasteiger partial charge in [-0.2, -0.15) is 5.26 Å². The summed E-state index contributed by atoms with van der Waals surface area (Å²) in [5.41, 5.74) is 0.601. The van der Waals surface area contributed by atoms with E-state index in [9.17, 15) is 23.6 Å². The Morgan fingerprint density at radius 3 is 2.53 bits per heavy atom. The molecule has 2 aromatic carbocycles. The van der Waals surface area contributed by atoms with Crippen molar-refractivity contribution in [1.29, 1.82) is 5.26 Å². The minimum atomic E-state index is -0.994. The molecular weight excluding hydrogens is 460 g/mol. The summed E-state index contributed by atoms with van der Waals surface area (Å²) in [6.45, 7) is 4.50. The van der Waals surface area contributed by atoms with Crippen molar-refractivity contribution < 1.29 is 18.3 Å². The summed E-state index contributed by atoms with van der Waals surface area (Å²) in [6.07, 6.45) is 1.61. The minimum absolute atomic E-state index is 0.0574. The fourth-order valence-corrected chi connectivity index (χ4v) is 4.31. The van der Waals surface area contributed by atoms with Gasteiger partial charge in [0.15, 0.2) is 5.57 Å². The average molecular weight is 484 g/mol. The molecule has 0 aliphatic rings. The predicted octanol–water partition coefficient (Wildman–Crippen LogP) is 2.57. The van der Waals surface area contributed by atoms with E-state index < -0.39 is 23.1 Å². The number of hydrogen-bond acceptors (Lipinski definition) is 5. The molecule has 1 aromatic heterocycles. The number of rotatable bonds is 7. The van der Waals surface area contributed by atoms with Crippen LogP contribution in [0.4, 0.5) is 8.78 Å². The molecule has 0 bridgehead atoms. The lowest BCUT2D eigenvalue weighted by Crippen LogP contribution is -2.35. The Hall–Kier alpha value is -3.61. The summed E-state index contributed by atoms with van der Waals surface area (Å²) in [5, 5.41) is 12.2. The van der Waals surface area contributed by atoms with Crippen LogP contribution in [0.1, 0.15) is 30.9 Å². The van der Waals surface area contributed by atoms with Crippen molar-refractivity contribution in [2.24, 2.45) is 0 Å². The minimum Gasteiger partial charge on any atom is -0.383 e. The Balaban J connectivity index is 2.28. The van der Waals surface area contributed by atoms with Gasteiger partial charge in [0.25, 0.3) is 11.5 Å². The van der Waals surface area contributed by atoms with E-state index in [1.807, 2.05) is 30.3 Å². The first-order valence-electron chi connectivity index (χ1n) is 10.5. The quantitative estimate of drug-likeness (QED) is 0.524. The molecule has 0 spiro atoms. The fourth-order valence-electron chi connectivity index (χ4n) is 3.21. The Morgan fingerprint density at radius 1 is 1.24 bits per heavy atom. The topological polar surface area (TPSA) is 84.1 Å². The molecule has 6 nitrogen and oxygen atoms in total. The number of halogens is 2. The molecule has 0 saturated carbocycles. The number of ether oxygens (including phenoxy) is 1. The fraction of sp³-hybridized carbons (Fsp3) is 0.240. The zero-order valence-electron chi connectivity index (χ0n) is 18.9. The van der Waals surface area contributed by atoms with E-state index in [0.29, 0.717) is 12.0 Å². The van der Waals surface area contributed by atoms with Crippen molar-refractivity contribution in [1.82, 2.24) is 9.88 Å². The first-order chi connectivity index (χ1) is 16.3. The van der Waals surface area contributed by atoms with Crippen molar-refractivity contribution in [3.63, 3.8) is 0 Å². The number of nitriles is 1. The van der Waals surface area contributed by atoms with Crippen LogP contribution in [0.2, 0.25) is 0 Å². The van der Waals surface area contributed by atoms with Crippen LogP contribution >= 0.6 is 11.3 Å². The van der Waals surface area contributed by atoms with E-state index in [0.717, 1.165) is 39.2 Å². The standard InChI is InChI=1S/C25H23F2N3O3S/c1-15(2)17-6-4-16(5-7-17)12-22-24(32)30(21-9-8-18(26)13-20(21)27)25(34-22)19(14-28)23(31)29-10-11-33-3/h4-9,12-13,15H,10-11H2,1-3H3,(H,29,31)/b22-12-,25-19-. The van der Waals surface area contributed by atoms with Gasteiger partial charge in [0.05, 0.1) is 16.8 Å². The molecule has 3 aromatic rings. The van der Waals surface area contributed by atoms with Crippen LogP contribution in [0.3, 0.4) is 0 Å². The number of thiazole rings is 1. The normalized spacial score (nSPS) is 12.6. The highest BCUT2D eigenvalue weighted by molar-refractivity contribution is 7.07. The molecular formula is C25H23F2N3O3S. The van der Waals surface area contributed by atoms with Crippen molar-refractivity contribution in [3.05, 3.63) is 84.8 Å². The number of hydrogen-bond donors (Lipinski definition) is 1. The van der Waals surface area contributed by atoms with Crippen LogP contribution in [-0.2, 0) is 9.53 Å². The maximum absolute atomic E-state index is 14.7. The Morgan fingerprint density at radius 2 is 1.94 bits per heavy atom. The van der Waals surface area contributed by atoms with Gasteiger partial charge < -0.3 is 10.1 Å². The van der Waals surface area contributed by atoms with Crippen LogP contribution in [-0.4, -0.2) is 30.7 Å². The highest BCUT2D eigenvalue weighted by atomic mass is 32.1. The second-order valence-electron chi connectivity index (χ2n) is 7.71. The summed E-state index contributed by atoms with van der Waals surface area (Å²) in [7, 11) is 1.46. The van der Waals surface area contributed by atoms with Gasteiger partial charge in [-0.3, -0.25) is 14.2 Å². The van der Waals surface area contributed by atoms with E-state index >= 15 is 0 Å². The number of nitrogens with one attached hydrogen (secondary N) is 1. The summed E-state index contributed by atoms with van der Waals surface area (Å²) < 4.78 is 34.1. The summed E-state index contributed by atoms with van der Waals surface area (Å²) in [4.78, 5) is 26.0. The summed E-state index contributed by atoms with van der Waals surface area (Å²) >= 11 is 0.882. The van der Waals surface area contributed by atoms with Gasteiger partial charge in [-0.25, -0.2) is 8.78 Å². The zero-order chi connectivity index (χ0) is 24.8. The molecule has 0 fully saturated rings. The van der Waals surface area contributed by atoms with Gasteiger partial charge in [0.1, 0.15) is 22.4 Å². The zero-order valence-corrected chi connectivity index (χ0v) is 19.7. The van der Waals surface area contributed by atoms with Gasteiger partial charge in [-0.1, -0.05) is 38.1 Å². The monoisotopic (exact) mass is 483 g/mol. The second-order valence-corrected chi connectivity index (χ2v) is 8.74. The number of amides is 1. The third-order valence-electron chi connectivity index (χ3n) is 5.02. The lowest BCUT2D eigenvalue weighted by Gasteiger charge is -2.06. The van der Waals surface area contributed by atoms with Gasteiger partial charge in [-0.15, -0.1) is 11.3 Å². The van der Waals surface area contributed by atoms with Crippen LogP contribution in [0.5, 0.6) is 0 Å². The lowest BCUT2D eigenvalue weighted by atomic mass is 10.0. The Bertz CT molecular complexity index is 1420. The van der Waals surface area contributed by atoms with E-state index in [2.05, 4.69) is 19.2 Å². The highest BCUT2D eigenvalue weighted by Crippen LogP contribution is 2.15. The van der Waals surface area contributed by atoms with E-state index in [-0.39, 0.29) is 33.6 Å². The molecule has 0 aliphatic heterocycles. The molecule has 0 aliphatic carbocycles. The third kappa shape index (κ3) is 5.47. The second kappa shape index (κ2) is 11.0. The lowest BCUT2D eigenvalue weighted by molar-refractivity contribution is -0.115. The van der Waals surface area contributed by atoms with E-state index in [1.54, 1.807) is 6.08 Å². The maximum atomic E-state index is 14.7. The molecule has 176 valence electrons. The van der Waals surface area contributed by atoms with E-state index in [4.69, 9.17) is 4.74 Å². The largest absolute Gasteiger partial charge is 0.383 e. The number of nitrogens with zero attached hydrogens (tertiary/aromatic N) is 2. The smallest absolute Gasteiger partial charge is 0.273 e. The molecule has 0 radical (unpaired) electrons. The Kier molecular flexibility index (Phi) is 8.10. The van der Waals surface area contributed by atoms with Crippen LogP contribution in [0.25, 0.3) is 17.3 Å². The molecule has 34 heavy (non-hydrogen) atoms. The van der Waals surface area contributed by atoms with Crippen molar-refractivity contribution in [3.8, 4) is 11.8 Å². The molecule has 1 heterocycles. The molecule has 0 atom stereocenters. The molecule has 0 saturated heterocycles. The molecule has 9 heteroatoms. The molecule has 1 amide bonds. The SMILES string of the molecule is COCCNC(=O)/C(C#N)=c1\s/c(=C\c2ccc(C(C)C)cc2)c(=O)n1-c1ccc(F)cc1F. The van der Waals surface area contributed by atoms with Gasteiger partial charge in [0.2, 0.25) is 0 Å². The Labute approximate surface area is 199 Å². The van der Waals surface area contributed by atoms with E-state index in [1.165, 1.54) is 7.11 Å². The average Bonchev–Trinajstić information content (AvgIpc) is 3.10. The number of aromatic nitrogens is 1. The number of carbonyl (C=O) groups is 1. The predicted molar refractivity (Wildman–Crippen MR) is 127 cm³/mol. The number of benzene rings is 2. The van der Waals surface area contributed by atoms with Gasteiger partial charge >= 0.3 is 0 Å². The number of carbonyl (C=O) groups excluding carboxylic acids is 1. The van der Waals surface area contributed by atoms with Gasteiger partial charge in [-0.05, 0) is 35.3 Å². The van der Waals surface area contributed by atoms with Crippen molar-refractivity contribution in [2.75, 3.05) is 20.3 Å². The first kappa shape index (κ1) is 25.0. The van der Waals surface area contributed by atoms with Crippen molar-refractivity contribution >= 4 is 28.9 Å². The molecule has 1 N–H and O–H groups in total. The van der Waals surface area contributed by atoms with Crippen LogP contribution in [0.15, 0.2) is 47.3 Å². The molecule has 3 rings (SSSR count). The van der Waals surface area contributed by atoms with Gasteiger partial charge in [0, 0.05) is 19.7 Å². The molecule has 0 unspecified atom stereocenters. The first-order valence-corrected chi connectivity index (χ1v) is 11.3. The number of methoxy groups -OCH3 is 1. The summed E-state index contributed by atoms with van der Waals surface area (Å²) in [6, 6.07) is 12.1. The summed E-state index contributed by atoms with van der Waals surface area (Å²) in [5.74, 6) is -2.20.